The Labute approximate surface area is 118 Å². The molecular weight excluding hydrogens is 376 g/mol. The van der Waals surface area contributed by atoms with Crippen LogP contribution in [0.15, 0.2) is 32.5 Å². The molecule has 1 N–H and O–H groups in total. The second kappa shape index (κ2) is 5.46. The monoisotopic (exact) mass is 381 g/mol. The Morgan fingerprint density at radius 1 is 1.18 bits per heavy atom. The standard InChI is InChI=1S/C11H7Br2F2NS/c12-7-1-2-17-10(7)5-16-11-8(13)3-6(14)4-9(11)15/h1-4,16H,5H2. The van der Waals surface area contributed by atoms with E-state index in [-0.39, 0.29) is 5.69 Å². The fourth-order valence-electron chi connectivity index (χ4n) is 1.33. The van der Waals surface area contributed by atoms with Crippen LogP contribution in [0.5, 0.6) is 0 Å². The lowest BCUT2D eigenvalue weighted by atomic mass is 10.3. The molecule has 0 spiro atoms. The van der Waals surface area contributed by atoms with Gasteiger partial charge in [-0.15, -0.1) is 11.3 Å². The summed E-state index contributed by atoms with van der Waals surface area (Å²) in [5.41, 5.74) is 0.270. The zero-order chi connectivity index (χ0) is 12.4. The highest BCUT2D eigenvalue weighted by atomic mass is 79.9. The summed E-state index contributed by atoms with van der Waals surface area (Å²) in [6, 6.07) is 4.02. The summed E-state index contributed by atoms with van der Waals surface area (Å²) < 4.78 is 27.7. The van der Waals surface area contributed by atoms with Crippen molar-refractivity contribution in [2.45, 2.75) is 6.54 Å². The molecule has 17 heavy (non-hydrogen) atoms. The third-order valence-corrected chi connectivity index (χ3v) is 4.68. The van der Waals surface area contributed by atoms with Crippen molar-refractivity contribution < 1.29 is 8.78 Å². The third-order valence-electron chi connectivity index (χ3n) is 2.12. The lowest BCUT2D eigenvalue weighted by Crippen LogP contribution is -2.02. The summed E-state index contributed by atoms with van der Waals surface area (Å²) in [7, 11) is 0. The average Bonchev–Trinajstić information content (AvgIpc) is 2.62. The van der Waals surface area contributed by atoms with Crippen LogP contribution in [0.2, 0.25) is 0 Å². The molecular formula is C11H7Br2F2NS. The van der Waals surface area contributed by atoms with Gasteiger partial charge in [-0.25, -0.2) is 8.78 Å². The smallest absolute Gasteiger partial charge is 0.150 e. The number of thiophene rings is 1. The second-order valence-corrected chi connectivity index (χ2v) is 6.00. The van der Waals surface area contributed by atoms with Gasteiger partial charge in [0, 0.05) is 19.9 Å². The first-order chi connectivity index (χ1) is 8.08. The fraction of sp³-hybridized carbons (Fsp3) is 0.0909. The average molecular weight is 383 g/mol. The first-order valence-electron chi connectivity index (χ1n) is 4.68. The fourth-order valence-corrected chi connectivity index (χ4v) is 3.31. The molecule has 90 valence electrons. The van der Waals surface area contributed by atoms with Crippen molar-refractivity contribution in [3.05, 3.63) is 49.0 Å². The van der Waals surface area contributed by atoms with Crippen LogP contribution in [0.3, 0.4) is 0 Å². The molecule has 2 aromatic rings. The molecule has 1 aromatic heterocycles. The van der Waals surface area contributed by atoms with Crippen LogP contribution in [0.1, 0.15) is 4.88 Å². The van der Waals surface area contributed by atoms with Crippen LogP contribution >= 0.6 is 43.2 Å². The van der Waals surface area contributed by atoms with Gasteiger partial charge in [0.25, 0.3) is 0 Å². The van der Waals surface area contributed by atoms with E-state index in [9.17, 15) is 8.78 Å². The van der Waals surface area contributed by atoms with Gasteiger partial charge in [0.2, 0.25) is 0 Å². The predicted molar refractivity (Wildman–Crippen MR) is 73.4 cm³/mol. The molecule has 1 aromatic carbocycles. The van der Waals surface area contributed by atoms with Crippen molar-refractivity contribution in [3.63, 3.8) is 0 Å². The Bertz CT molecular complexity index is 519. The third kappa shape index (κ3) is 3.05. The van der Waals surface area contributed by atoms with Gasteiger partial charge in [-0.1, -0.05) is 0 Å². The minimum absolute atomic E-state index is 0.270. The van der Waals surface area contributed by atoms with Crippen LogP contribution in [0.25, 0.3) is 0 Å². The van der Waals surface area contributed by atoms with Gasteiger partial charge in [0.05, 0.1) is 12.2 Å². The van der Waals surface area contributed by atoms with Gasteiger partial charge in [-0.2, -0.15) is 0 Å². The first-order valence-corrected chi connectivity index (χ1v) is 7.15. The van der Waals surface area contributed by atoms with Crippen LogP contribution in [-0.4, -0.2) is 0 Å². The van der Waals surface area contributed by atoms with Crippen molar-refractivity contribution in [1.29, 1.82) is 0 Å². The Kier molecular flexibility index (Phi) is 4.17. The van der Waals surface area contributed by atoms with Crippen LogP contribution in [0, 0.1) is 11.6 Å². The van der Waals surface area contributed by atoms with E-state index in [1.165, 1.54) is 6.07 Å². The zero-order valence-corrected chi connectivity index (χ0v) is 12.4. The number of anilines is 1. The van der Waals surface area contributed by atoms with E-state index < -0.39 is 11.6 Å². The minimum atomic E-state index is -0.607. The first kappa shape index (κ1) is 13.0. The number of rotatable bonds is 3. The topological polar surface area (TPSA) is 12.0 Å². The lowest BCUT2D eigenvalue weighted by Gasteiger charge is -2.09. The highest BCUT2D eigenvalue weighted by molar-refractivity contribution is 9.11. The summed E-state index contributed by atoms with van der Waals surface area (Å²) in [6.07, 6.45) is 0. The molecule has 2 rings (SSSR count). The SMILES string of the molecule is Fc1cc(F)c(NCc2sccc2Br)c(Br)c1. The van der Waals surface area contributed by atoms with E-state index in [4.69, 9.17) is 0 Å². The van der Waals surface area contributed by atoms with Gasteiger partial charge in [-0.3, -0.25) is 0 Å². The summed E-state index contributed by atoms with van der Waals surface area (Å²) in [6.45, 7) is 0.486. The van der Waals surface area contributed by atoms with E-state index >= 15 is 0 Å². The van der Waals surface area contributed by atoms with Crippen molar-refractivity contribution in [1.82, 2.24) is 0 Å². The largest absolute Gasteiger partial charge is 0.377 e. The highest BCUT2D eigenvalue weighted by Crippen LogP contribution is 2.29. The molecule has 0 saturated heterocycles. The minimum Gasteiger partial charge on any atom is -0.377 e. The van der Waals surface area contributed by atoms with E-state index in [1.807, 2.05) is 11.4 Å². The molecule has 0 amide bonds. The molecule has 1 heterocycles. The molecule has 6 heteroatoms. The summed E-state index contributed by atoms with van der Waals surface area (Å²) in [5, 5.41) is 4.89. The maximum Gasteiger partial charge on any atom is 0.150 e. The van der Waals surface area contributed by atoms with E-state index in [2.05, 4.69) is 37.2 Å². The number of halogens is 4. The highest BCUT2D eigenvalue weighted by Gasteiger charge is 2.10. The molecule has 0 aliphatic carbocycles. The van der Waals surface area contributed by atoms with Gasteiger partial charge in [-0.05, 0) is 49.4 Å². The summed E-state index contributed by atoms with van der Waals surface area (Å²) in [5.74, 6) is -1.21. The van der Waals surface area contributed by atoms with Crippen molar-refractivity contribution in [3.8, 4) is 0 Å². The molecule has 0 atom stereocenters. The molecule has 0 radical (unpaired) electrons. The molecule has 0 fully saturated rings. The maximum absolute atomic E-state index is 13.5. The molecule has 0 aliphatic heterocycles. The van der Waals surface area contributed by atoms with E-state index in [1.54, 1.807) is 11.3 Å². The molecule has 0 aliphatic rings. The number of hydrogen-bond donors (Lipinski definition) is 1. The van der Waals surface area contributed by atoms with Gasteiger partial charge in [0.1, 0.15) is 11.6 Å². The normalized spacial score (nSPS) is 10.6. The Balaban J connectivity index is 2.17. The number of nitrogens with one attached hydrogen (secondary N) is 1. The molecule has 0 bridgehead atoms. The molecule has 0 saturated carbocycles. The predicted octanol–water partition coefficient (Wildman–Crippen LogP) is 5.16. The summed E-state index contributed by atoms with van der Waals surface area (Å²) in [4.78, 5) is 1.06. The van der Waals surface area contributed by atoms with Crippen LogP contribution < -0.4 is 5.32 Å². The number of benzene rings is 1. The van der Waals surface area contributed by atoms with Gasteiger partial charge < -0.3 is 5.32 Å². The maximum atomic E-state index is 13.5. The Morgan fingerprint density at radius 3 is 2.53 bits per heavy atom. The van der Waals surface area contributed by atoms with Gasteiger partial charge in [0.15, 0.2) is 0 Å². The van der Waals surface area contributed by atoms with Crippen LogP contribution in [0.4, 0.5) is 14.5 Å². The van der Waals surface area contributed by atoms with E-state index in [0.29, 0.717) is 11.0 Å². The van der Waals surface area contributed by atoms with Gasteiger partial charge >= 0.3 is 0 Å². The van der Waals surface area contributed by atoms with Crippen molar-refractivity contribution in [2.75, 3.05) is 5.32 Å². The zero-order valence-electron chi connectivity index (χ0n) is 8.44. The Morgan fingerprint density at radius 2 is 1.94 bits per heavy atom. The van der Waals surface area contributed by atoms with Crippen molar-refractivity contribution >= 4 is 48.9 Å². The molecule has 1 nitrogen and oxygen atoms in total. The van der Waals surface area contributed by atoms with E-state index in [0.717, 1.165) is 15.4 Å². The quantitative estimate of drug-likeness (QED) is 0.772. The van der Waals surface area contributed by atoms with Crippen molar-refractivity contribution in [2.24, 2.45) is 0 Å². The Hall–Kier alpha value is -0.460. The second-order valence-electron chi connectivity index (χ2n) is 3.29. The lowest BCUT2D eigenvalue weighted by molar-refractivity contribution is 0.583. The molecule has 0 unspecified atom stereocenters. The summed E-state index contributed by atoms with van der Waals surface area (Å²) >= 11 is 8.09. The number of hydrogen-bond acceptors (Lipinski definition) is 2. The van der Waals surface area contributed by atoms with Crippen LogP contribution in [-0.2, 0) is 6.54 Å².